The molecule has 2 aromatic rings. The minimum atomic E-state index is -4.61. The maximum Gasteiger partial charge on any atom is 0.523 e. The van der Waals surface area contributed by atoms with Crippen LogP contribution in [0.15, 0.2) is 42.5 Å². The second kappa shape index (κ2) is 4.37. The van der Waals surface area contributed by atoms with E-state index in [1.54, 1.807) is 18.2 Å². The average molecular weight is 240 g/mol. The summed E-state index contributed by atoms with van der Waals surface area (Å²) in [7, 11) is 0. The Labute approximate surface area is 96.8 Å². The molecule has 0 spiro atoms. The summed E-state index contributed by atoms with van der Waals surface area (Å²) in [6, 6.07) is 12.7. The van der Waals surface area contributed by atoms with Gasteiger partial charge in [0.1, 0.15) is 0 Å². The van der Waals surface area contributed by atoms with Gasteiger partial charge in [0, 0.05) is 0 Å². The van der Waals surface area contributed by atoms with Crippen LogP contribution < -0.4 is 0 Å². The Balaban J connectivity index is 2.30. The predicted octanol–water partition coefficient (Wildman–Crippen LogP) is 4.44. The number of fused-ring (bicyclic) bond motifs is 1. The Morgan fingerprint density at radius 3 is 2.29 bits per heavy atom. The fraction of sp³-hybridized carbons (Fsp3) is 0.231. The van der Waals surface area contributed by atoms with Gasteiger partial charge in [-0.1, -0.05) is 36.4 Å². The van der Waals surface area contributed by atoms with E-state index < -0.39 is 12.5 Å². The highest BCUT2D eigenvalue weighted by molar-refractivity contribution is 5.83. The quantitative estimate of drug-likeness (QED) is 0.754. The molecule has 17 heavy (non-hydrogen) atoms. The number of hydrogen-bond donors (Lipinski definition) is 0. The highest BCUT2D eigenvalue weighted by Gasteiger charge is 2.32. The first-order chi connectivity index (χ1) is 7.96. The Kier molecular flexibility index (Phi) is 3.07. The van der Waals surface area contributed by atoms with Crippen LogP contribution in [0.5, 0.6) is 0 Å². The van der Waals surface area contributed by atoms with E-state index in [-0.39, 0.29) is 0 Å². The third kappa shape index (κ3) is 2.97. The Hall–Kier alpha value is -1.55. The van der Waals surface area contributed by atoms with E-state index in [4.69, 9.17) is 0 Å². The standard InChI is InChI=1S/C13H11F3O/c1-9(17-13(14,15)16)11-7-6-10-4-2-3-5-12(10)8-11/h2-9H,1H3. The molecule has 0 saturated carbocycles. The van der Waals surface area contributed by atoms with E-state index >= 15 is 0 Å². The molecule has 2 rings (SSSR count). The van der Waals surface area contributed by atoms with Crippen molar-refractivity contribution in [2.24, 2.45) is 0 Å². The van der Waals surface area contributed by atoms with Gasteiger partial charge in [-0.05, 0) is 29.3 Å². The molecule has 0 saturated heterocycles. The van der Waals surface area contributed by atoms with Gasteiger partial charge in [-0.15, -0.1) is 13.2 Å². The molecule has 1 unspecified atom stereocenters. The van der Waals surface area contributed by atoms with Crippen LogP contribution in [-0.2, 0) is 4.74 Å². The van der Waals surface area contributed by atoms with Gasteiger partial charge in [0.2, 0.25) is 0 Å². The minimum Gasteiger partial charge on any atom is -0.284 e. The zero-order valence-electron chi connectivity index (χ0n) is 9.16. The third-order valence-electron chi connectivity index (χ3n) is 2.55. The van der Waals surface area contributed by atoms with E-state index in [1.807, 2.05) is 24.3 Å². The third-order valence-corrected chi connectivity index (χ3v) is 2.55. The van der Waals surface area contributed by atoms with Crippen molar-refractivity contribution < 1.29 is 17.9 Å². The Morgan fingerprint density at radius 1 is 1.00 bits per heavy atom. The Bertz CT molecular complexity index is 519. The van der Waals surface area contributed by atoms with Crippen molar-refractivity contribution in [3.63, 3.8) is 0 Å². The summed E-state index contributed by atoms with van der Waals surface area (Å²) in [5, 5.41) is 1.90. The molecule has 0 radical (unpaired) electrons. The van der Waals surface area contributed by atoms with Crippen LogP contribution in [0.1, 0.15) is 18.6 Å². The van der Waals surface area contributed by atoms with Crippen LogP contribution in [0.4, 0.5) is 13.2 Å². The van der Waals surface area contributed by atoms with Gasteiger partial charge in [0.15, 0.2) is 0 Å². The van der Waals surface area contributed by atoms with Crippen molar-refractivity contribution in [1.29, 1.82) is 0 Å². The van der Waals surface area contributed by atoms with Gasteiger partial charge in [-0.25, -0.2) is 0 Å². The molecule has 1 nitrogen and oxygen atoms in total. The smallest absolute Gasteiger partial charge is 0.284 e. The summed E-state index contributed by atoms with van der Waals surface area (Å²) in [6.07, 6.45) is -5.61. The summed E-state index contributed by atoms with van der Waals surface area (Å²) in [5.74, 6) is 0. The summed E-state index contributed by atoms with van der Waals surface area (Å²) in [5.41, 5.74) is 0.515. The molecule has 0 N–H and O–H groups in total. The molecule has 0 fully saturated rings. The van der Waals surface area contributed by atoms with E-state index in [2.05, 4.69) is 4.74 Å². The van der Waals surface area contributed by atoms with Gasteiger partial charge in [-0.3, -0.25) is 4.74 Å². The summed E-state index contributed by atoms with van der Waals surface area (Å²) >= 11 is 0. The maximum absolute atomic E-state index is 12.1. The molecule has 4 heteroatoms. The average Bonchev–Trinajstić information content (AvgIpc) is 2.26. The number of hydrogen-bond acceptors (Lipinski definition) is 1. The fourth-order valence-electron chi connectivity index (χ4n) is 1.73. The molecule has 0 aromatic heterocycles. The zero-order valence-corrected chi connectivity index (χ0v) is 9.16. The van der Waals surface area contributed by atoms with Crippen LogP contribution >= 0.6 is 0 Å². The van der Waals surface area contributed by atoms with Crippen LogP contribution in [0.3, 0.4) is 0 Å². The van der Waals surface area contributed by atoms with Crippen LogP contribution in [0.25, 0.3) is 10.8 Å². The molecular formula is C13H11F3O. The van der Waals surface area contributed by atoms with E-state index in [0.29, 0.717) is 5.56 Å². The van der Waals surface area contributed by atoms with Crippen LogP contribution in [0.2, 0.25) is 0 Å². The topological polar surface area (TPSA) is 9.23 Å². The van der Waals surface area contributed by atoms with Crippen LogP contribution in [0, 0.1) is 0 Å². The van der Waals surface area contributed by atoms with Crippen molar-refractivity contribution in [2.45, 2.75) is 19.4 Å². The molecule has 0 amide bonds. The maximum atomic E-state index is 12.1. The second-order valence-corrected chi connectivity index (χ2v) is 3.81. The number of alkyl halides is 3. The van der Waals surface area contributed by atoms with Gasteiger partial charge < -0.3 is 0 Å². The number of benzene rings is 2. The number of ether oxygens (including phenoxy) is 1. The molecule has 1 atom stereocenters. The lowest BCUT2D eigenvalue weighted by atomic mass is 10.0. The lowest BCUT2D eigenvalue weighted by Crippen LogP contribution is -2.16. The Morgan fingerprint density at radius 2 is 1.65 bits per heavy atom. The number of halogens is 3. The van der Waals surface area contributed by atoms with Gasteiger partial charge >= 0.3 is 6.36 Å². The number of rotatable bonds is 2. The van der Waals surface area contributed by atoms with E-state index in [0.717, 1.165) is 10.8 Å². The van der Waals surface area contributed by atoms with Crippen molar-refractivity contribution in [3.8, 4) is 0 Å². The largest absolute Gasteiger partial charge is 0.523 e. The molecule has 0 bridgehead atoms. The SMILES string of the molecule is CC(OC(F)(F)F)c1ccc2ccccc2c1. The first-order valence-corrected chi connectivity index (χ1v) is 5.19. The minimum absolute atomic E-state index is 0.515. The second-order valence-electron chi connectivity index (χ2n) is 3.81. The van der Waals surface area contributed by atoms with Crippen molar-refractivity contribution in [1.82, 2.24) is 0 Å². The molecular weight excluding hydrogens is 229 g/mol. The van der Waals surface area contributed by atoms with Crippen molar-refractivity contribution in [2.75, 3.05) is 0 Å². The van der Waals surface area contributed by atoms with Crippen LogP contribution in [-0.4, -0.2) is 6.36 Å². The molecule has 0 aliphatic rings. The first-order valence-electron chi connectivity index (χ1n) is 5.19. The van der Waals surface area contributed by atoms with Crippen molar-refractivity contribution in [3.05, 3.63) is 48.0 Å². The molecule has 0 aliphatic carbocycles. The lowest BCUT2D eigenvalue weighted by Gasteiger charge is -2.15. The van der Waals surface area contributed by atoms with Gasteiger partial charge in [0.05, 0.1) is 6.10 Å². The fourth-order valence-corrected chi connectivity index (χ4v) is 1.73. The van der Waals surface area contributed by atoms with E-state index in [9.17, 15) is 13.2 Å². The lowest BCUT2D eigenvalue weighted by molar-refractivity contribution is -0.342. The predicted molar refractivity (Wildman–Crippen MR) is 59.5 cm³/mol. The molecule has 90 valence electrons. The molecule has 0 heterocycles. The van der Waals surface area contributed by atoms with Gasteiger partial charge in [0.25, 0.3) is 0 Å². The highest BCUT2D eigenvalue weighted by atomic mass is 19.4. The monoisotopic (exact) mass is 240 g/mol. The molecule has 2 aromatic carbocycles. The van der Waals surface area contributed by atoms with E-state index in [1.165, 1.54) is 6.92 Å². The summed E-state index contributed by atoms with van der Waals surface area (Å²) in [6.45, 7) is 1.39. The van der Waals surface area contributed by atoms with Gasteiger partial charge in [-0.2, -0.15) is 0 Å². The first kappa shape index (κ1) is 11.9. The summed E-state index contributed by atoms with van der Waals surface area (Å²) < 4.78 is 40.2. The van der Waals surface area contributed by atoms with Crippen molar-refractivity contribution >= 4 is 10.8 Å². The summed E-state index contributed by atoms with van der Waals surface area (Å²) in [4.78, 5) is 0. The molecule has 0 aliphatic heterocycles. The highest BCUT2D eigenvalue weighted by Crippen LogP contribution is 2.29. The normalized spacial score (nSPS) is 13.9. The zero-order chi connectivity index (χ0) is 12.5.